The van der Waals surface area contributed by atoms with Crippen LogP contribution in [0.1, 0.15) is 6.92 Å². The second-order valence-corrected chi connectivity index (χ2v) is 4.48. The third-order valence-electron chi connectivity index (χ3n) is 2.91. The number of nitrogens with one attached hydrogen (secondary N) is 4. The maximum absolute atomic E-state index is 11.6. The Morgan fingerprint density at radius 2 is 1.50 bits per heavy atom. The lowest BCUT2D eigenvalue weighted by atomic mass is 10.4. The maximum atomic E-state index is 11.6. The van der Waals surface area contributed by atoms with Crippen LogP contribution < -0.4 is 21.3 Å². The fraction of sp³-hybridized carbons (Fsp3) is 0.917. The Balaban J connectivity index is 2.29. The van der Waals surface area contributed by atoms with Crippen molar-refractivity contribution in [3.63, 3.8) is 0 Å². The zero-order valence-corrected chi connectivity index (χ0v) is 11.4. The predicted octanol–water partition coefficient (Wildman–Crippen LogP) is -1.79. The van der Waals surface area contributed by atoms with E-state index in [-0.39, 0.29) is 5.91 Å². The quantitative estimate of drug-likeness (QED) is 0.481. The molecule has 6 nitrogen and oxygen atoms in total. The molecule has 4 N–H and O–H groups in total. The van der Waals surface area contributed by atoms with Gasteiger partial charge in [0.1, 0.15) is 0 Å². The van der Waals surface area contributed by atoms with Gasteiger partial charge in [-0.1, -0.05) is 0 Å². The van der Waals surface area contributed by atoms with Crippen molar-refractivity contribution in [1.82, 2.24) is 26.2 Å². The summed E-state index contributed by atoms with van der Waals surface area (Å²) in [5.74, 6) is 0.117. The molecule has 0 aromatic heterocycles. The Morgan fingerprint density at radius 1 is 1.00 bits per heavy atom. The first-order chi connectivity index (χ1) is 8.83. The summed E-state index contributed by atoms with van der Waals surface area (Å²) in [6.07, 6.45) is 0. The van der Waals surface area contributed by atoms with E-state index in [1.165, 1.54) is 0 Å². The average molecular weight is 257 g/mol. The second-order valence-electron chi connectivity index (χ2n) is 4.48. The lowest BCUT2D eigenvalue weighted by molar-refractivity contribution is -0.122. The smallest absolute Gasteiger partial charge is 0.234 e. The first-order valence-electron chi connectivity index (χ1n) is 6.94. The van der Waals surface area contributed by atoms with Crippen LogP contribution in [0.15, 0.2) is 0 Å². The molecule has 0 atom stereocenters. The number of carbonyl (C=O) groups is 1. The molecule has 0 unspecified atom stereocenters. The molecule has 1 amide bonds. The molecule has 1 aliphatic rings. The molecule has 1 saturated heterocycles. The van der Waals surface area contributed by atoms with Crippen LogP contribution in [-0.2, 0) is 4.79 Å². The van der Waals surface area contributed by atoms with Crippen molar-refractivity contribution in [2.45, 2.75) is 6.92 Å². The highest BCUT2D eigenvalue weighted by molar-refractivity contribution is 5.77. The van der Waals surface area contributed by atoms with E-state index in [4.69, 9.17) is 0 Å². The Kier molecular flexibility index (Phi) is 8.75. The van der Waals surface area contributed by atoms with Gasteiger partial charge in [0, 0.05) is 58.9 Å². The van der Waals surface area contributed by atoms with E-state index in [2.05, 4.69) is 26.2 Å². The second kappa shape index (κ2) is 10.3. The van der Waals surface area contributed by atoms with E-state index in [0.717, 1.165) is 52.4 Å². The summed E-state index contributed by atoms with van der Waals surface area (Å²) in [5, 5.41) is 13.0. The van der Waals surface area contributed by atoms with Crippen molar-refractivity contribution < 1.29 is 4.79 Å². The van der Waals surface area contributed by atoms with Crippen LogP contribution >= 0.6 is 0 Å². The maximum Gasteiger partial charge on any atom is 0.234 e. The Hall–Kier alpha value is -0.690. The van der Waals surface area contributed by atoms with E-state index in [1.807, 2.05) is 6.92 Å². The zero-order chi connectivity index (χ0) is 13.1. The largest absolute Gasteiger partial charge is 0.355 e. The van der Waals surface area contributed by atoms with Gasteiger partial charge in [-0.3, -0.25) is 9.69 Å². The van der Waals surface area contributed by atoms with Crippen LogP contribution in [0.4, 0.5) is 0 Å². The van der Waals surface area contributed by atoms with Gasteiger partial charge in [-0.2, -0.15) is 0 Å². The minimum Gasteiger partial charge on any atom is -0.355 e. The number of rotatable bonds is 3. The molecule has 1 fully saturated rings. The lowest BCUT2D eigenvalue weighted by Crippen LogP contribution is -2.45. The van der Waals surface area contributed by atoms with Gasteiger partial charge in [-0.05, 0) is 6.92 Å². The van der Waals surface area contributed by atoms with Gasteiger partial charge < -0.3 is 21.3 Å². The number of carbonyl (C=O) groups excluding carboxylic acids is 1. The first kappa shape index (κ1) is 15.4. The molecule has 0 aromatic carbocycles. The molecule has 0 spiro atoms. The van der Waals surface area contributed by atoms with Crippen molar-refractivity contribution in [3.05, 3.63) is 0 Å². The molecule has 0 aromatic rings. The standard InChI is InChI=1S/C12H27N5O/c1-2-16-12(18)11-17-9-7-14-5-3-13-4-6-15-8-10-17/h13-15H,2-11H2,1H3,(H,16,18). The molecule has 0 radical (unpaired) electrons. The van der Waals surface area contributed by atoms with Crippen molar-refractivity contribution in [1.29, 1.82) is 0 Å². The van der Waals surface area contributed by atoms with E-state index in [0.29, 0.717) is 13.1 Å². The molecule has 1 rings (SSSR count). The summed E-state index contributed by atoms with van der Waals surface area (Å²) in [7, 11) is 0. The van der Waals surface area contributed by atoms with Crippen LogP contribution in [0, 0.1) is 0 Å². The lowest BCUT2D eigenvalue weighted by Gasteiger charge is -2.23. The van der Waals surface area contributed by atoms with Crippen LogP contribution in [0.3, 0.4) is 0 Å². The minimum atomic E-state index is 0.117. The van der Waals surface area contributed by atoms with E-state index in [1.54, 1.807) is 0 Å². The van der Waals surface area contributed by atoms with Crippen molar-refractivity contribution in [2.24, 2.45) is 0 Å². The fourth-order valence-electron chi connectivity index (χ4n) is 1.93. The summed E-state index contributed by atoms with van der Waals surface area (Å²) in [4.78, 5) is 13.8. The molecule has 0 saturated carbocycles. The highest BCUT2D eigenvalue weighted by atomic mass is 16.2. The number of amides is 1. The van der Waals surface area contributed by atoms with Gasteiger partial charge in [0.2, 0.25) is 5.91 Å². The van der Waals surface area contributed by atoms with Crippen LogP contribution in [-0.4, -0.2) is 76.3 Å². The minimum absolute atomic E-state index is 0.117. The SMILES string of the molecule is CCNC(=O)CN1CCNCCNCCNCC1. The Morgan fingerprint density at radius 3 is 2.00 bits per heavy atom. The molecule has 0 aliphatic carbocycles. The molecule has 0 bridgehead atoms. The molecule has 106 valence electrons. The average Bonchev–Trinajstić information content (AvgIpc) is 2.33. The van der Waals surface area contributed by atoms with Gasteiger partial charge in [-0.15, -0.1) is 0 Å². The number of likely N-dealkylation sites (N-methyl/N-ethyl adjacent to an activating group) is 1. The third-order valence-corrected chi connectivity index (χ3v) is 2.91. The molecule has 1 heterocycles. The van der Waals surface area contributed by atoms with Gasteiger partial charge in [0.05, 0.1) is 6.54 Å². The summed E-state index contributed by atoms with van der Waals surface area (Å²) in [5.41, 5.74) is 0. The molecule has 1 aliphatic heterocycles. The van der Waals surface area contributed by atoms with Crippen molar-refractivity contribution >= 4 is 5.91 Å². The fourth-order valence-corrected chi connectivity index (χ4v) is 1.93. The monoisotopic (exact) mass is 257 g/mol. The van der Waals surface area contributed by atoms with Crippen molar-refractivity contribution in [2.75, 3.05) is 65.4 Å². The summed E-state index contributed by atoms with van der Waals surface area (Å²) in [6, 6.07) is 0. The van der Waals surface area contributed by atoms with E-state index >= 15 is 0 Å². The Labute approximate surface area is 110 Å². The first-order valence-corrected chi connectivity index (χ1v) is 6.94. The Bertz CT molecular complexity index is 213. The highest BCUT2D eigenvalue weighted by Crippen LogP contribution is 1.87. The van der Waals surface area contributed by atoms with Crippen molar-refractivity contribution in [3.8, 4) is 0 Å². The molecule has 18 heavy (non-hydrogen) atoms. The molecule has 6 heteroatoms. The zero-order valence-electron chi connectivity index (χ0n) is 11.4. The molecular weight excluding hydrogens is 230 g/mol. The van der Waals surface area contributed by atoms with E-state index in [9.17, 15) is 4.79 Å². The topological polar surface area (TPSA) is 68.4 Å². The molecular formula is C12H27N5O. The summed E-state index contributed by atoms with van der Waals surface area (Å²) < 4.78 is 0. The summed E-state index contributed by atoms with van der Waals surface area (Å²) in [6.45, 7) is 10.8. The highest BCUT2D eigenvalue weighted by Gasteiger charge is 2.09. The number of nitrogens with zero attached hydrogens (tertiary/aromatic N) is 1. The summed E-state index contributed by atoms with van der Waals surface area (Å²) >= 11 is 0. The van der Waals surface area contributed by atoms with Gasteiger partial charge >= 0.3 is 0 Å². The van der Waals surface area contributed by atoms with Crippen LogP contribution in [0.25, 0.3) is 0 Å². The normalized spacial score (nSPS) is 20.7. The van der Waals surface area contributed by atoms with Gasteiger partial charge in [0.25, 0.3) is 0 Å². The van der Waals surface area contributed by atoms with Crippen LogP contribution in [0.2, 0.25) is 0 Å². The van der Waals surface area contributed by atoms with Gasteiger partial charge in [-0.25, -0.2) is 0 Å². The van der Waals surface area contributed by atoms with E-state index < -0.39 is 0 Å². The van der Waals surface area contributed by atoms with Crippen LogP contribution in [0.5, 0.6) is 0 Å². The predicted molar refractivity (Wildman–Crippen MR) is 73.7 cm³/mol. The third kappa shape index (κ3) is 7.60. The number of hydrogen-bond acceptors (Lipinski definition) is 5. The number of hydrogen-bond donors (Lipinski definition) is 4. The van der Waals surface area contributed by atoms with Gasteiger partial charge in [0.15, 0.2) is 0 Å².